The van der Waals surface area contributed by atoms with Gasteiger partial charge in [-0.15, -0.1) is 0 Å². The minimum Gasteiger partial charge on any atom is -0.481 e. The molecule has 2 aliphatic heterocycles. The van der Waals surface area contributed by atoms with E-state index < -0.39 is 11.6 Å². The van der Waals surface area contributed by atoms with Gasteiger partial charge in [0.15, 0.2) is 0 Å². The Kier molecular flexibility index (Phi) is 3.71. The third-order valence-electron chi connectivity index (χ3n) is 3.37. The molecule has 0 aliphatic carbocycles. The van der Waals surface area contributed by atoms with Crippen molar-refractivity contribution in [2.75, 3.05) is 13.1 Å². The van der Waals surface area contributed by atoms with Crippen LogP contribution in [0.25, 0.3) is 0 Å². The van der Waals surface area contributed by atoms with Crippen LogP contribution in [0.3, 0.4) is 0 Å². The Balaban J connectivity index is 1.84. The molecule has 0 radical (unpaired) electrons. The quantitative estimate of drug-likeness (QED) is 0.823. The highest BCUT2D eigenvalue weighted by molar-refractivity contribution is 5.69. The van der Waals surface area contributed by atoms with E-state index in [0.717, 1.165) is 0 Å². The van der Waals surface area contributed by atoms with Gasteiger partial charge in [0.1, 0.15) is 5.60 Å². The molecule has 1 N–H and O–H groups in total. The largest absolute Gasteiger partial charge is 0.481 e. The first kappa shape index (κ1) is 14.1. The maximum Gasteiger partial charge on any atom is 0.410 e. The molecule has 3 atom stereocenters. The Morgan fingerprint density at radius 3 is 2.58 bits per heavy atom. The molecular formula is C13H21NO5. The van der Waals surface area contributed by atoms with Crippen LogP contribution in [0.1, 0.15) is 33.6 Å². The summed E-state index contributed by atoms with van der Waals surface area (Å²) in [6.07, 6.45) is 0.167. The van der Waals surface area contributed by atoms with Crippen molar-refractivity contribution in [3.63, 3.8) is 0 Å². The van der Waals surface area contributed by atoms with E-state index in [0.29, 0.717) is 19.5 Å². The Morgan fingerprint density at radius 1 is 1.37 bits per heavy atom. The van der Waals surface area contributed by atoms with E-state index in [1.807, 2.05) is 20.8 Å². The molecular weight excluding hydrogens is 250 g/mol. The smallest absolute Gasteiger partial charge is 0.410 e. The van der Waals surface area contributed by atoms with Gasteiger partial charge in [-0.05, 0) is 27.2 Å². The normalized spacial score (nSPS) is 30.3. The van der Waals surface area contributed by atoms with Crippen molar-refractivity contribution < 1.29 is 24.2 Å². The number of fused-ring (bicyclic) bond motifs is 1. The maximum atomic E-state index is 11.9. The van der Waals surface area contributed by atoms with Gasteiger partial charge in [-0.25, -0.2) is 4.79 Å². The van der Waals surface area contributed by atoms with Gasteiger partial charge in [0.05, 0.1) is 25.2 Å². The number of likely N-dealkylation sites (tertiary alicyclic amines) is 1. The van der Waals surface area contributed by atoms with Crippen molar-refractivity contribution >= 4 is 12.1 Å². The van der Waals surface area contributed by atoms with Crippen molar-refractivity contribution in [3.8, 4) is 0 Å². The van der Waals surface area contributed by atoms with Gasteiger partial charge in [-0.2, -0.15) is 0 Å². The first-order valence-electron chi connectivity index (χ1n) is 6.60. The fraction of sp³-hybridized carbons (Fsp3) is 0.846. The molecule has 0 spiro atoms. The average molecular weight is 271 g/mol. The molecule has 0 bridgehead atoms. The van der Waals surface area contributed by atoms with Crippen LogP contribution in [0.4, 0.5) is 4.79 Å². The highest BCUT2D eigenvalue weighted by atomic mass is 16.6. The summed E-state index contributed by atoms with van der Waals surface area (Å²) in [6, 6.07) is 0. The lowest BCUT2D eigenvalue weighted by Crippen LogP contribution is -2.36. The number of carboxylic acid groups (broad SMARTS) is 1. The van der Waals surface area contributed by atoms with E-state index in [-0.39, 0.29) is 30.6 Å². The van der Waals surface area contributed by atoms with Crippen molar-refractivity contribution in [1.29, 1.82) is 0 Å². The number of nitrogens with zero attached hydrogens (tertiary/aromatic N) is 1. The lowest BCUT2D eigenvalue weighted by molar-refractivity contribution is -0.140. The number of carbonyl (C=O) groups excluding carboxylic acids is 1. The second kappa shape index (κ2) is 5.00. The van der Waals surface area contributed by atoms with Gasteiger partial charge in [0.2, 0.25) is 0 Å². The van der Waals surface area contributed by atoms with Crippen LogP contribution in [0.5, 0.6) is 0 Å². The fourth-order valence-corrected chi connectivity index (χ4v) is 2.66. The van der Waals surface area contributed by atoms with E-state index in [1.165, 1.54) is 0 Å². The molecule has 2 heterocycles. The molecule has 19 heavy (non-hydrogen) atoms. The number of ether oxygens (including phenoxy) is 2. The molecule has 108 valence electrons. The molecule has 2 rings (SSSR count). The molecule has 0 aromatic carbocycles. The number of carboxylic acids is 1. The SMILES string of the molecule is CC(C)(C)OC(=O)N1C[C@@H]2C[C@@H](CC(=O)O)O[C@@H]2C1. The zero-order valence-corrected chi connectivity index (χ0v) is 11.6. The fourth-order valence-electron chi connectivity index (χ4n) is 2.66. The minimum absolute atomic E-state index is 0.0411. The maximum absolute atomic E-state index is 11.9. The van der Waals surface area contributed by atoms with Gasteiger partial charge in [-0.3, -0.25) is 4.79 Å². The van der Waals surface area contributed by atoms with Crippen LogP contribution in [0, 0.1) is 5.92 Å². The number of hydrogen-bond donors (Lipinski definition) is 1. The molecule has 0 unspecified atom stereocenters. The minimum atomic E-state index is -0.839. The van der Waals surface area contributed by atoms with Crippen LogP contribution < -0.4 is 0 Å². The number of aliphatic carboxylic acids is 1. The molecule has 1 amide bonds. The summed E-state index contributed by atoms with van der Waals surface area (Å²) < 4.78 is 11.0. The molecule has 2 saturated heterocycles. The summed E-state index contributed by atoms with van der Waals surface area (Å²) in [5.41, 5.74) is -0.499. The highest BCUT2D eigenvalue weighted by Gasteiger charge is 2.44. The van der Waals surface area contributed by atoms with Gasteiger partial charge in [0, 0.05) is 12.5 Å². The van der Waals surface area contributed by atoms with Gasteiger partial charge >= 0.3 is 12.1 Å². The van der Waals surface area contributed by atoms with E-state index in [1.54, 1.807) is 4.90 Å². The lowest BCUT2D eigenvalue weighted by Gasteiger charge is -2.25. The first-order valence-corrected chi connectivity index (χ1v) is 6.60. The Labute approximate surface area is 112 Å². The topological polar surface area (TPSA) is 76.1 Å². The lowest BCUT2D eigenvalue weighted by atomic mass is 10.0. The summed E-state index contributed by atoms with van der Waals surface area (Å²) in [6.45, 7) is 6.59. The van der Waals surface area contributed by atoms with Crippen LogP contribution in [0.2, 0.25) is 0 Å². The van der Waals surface area contributed by atoms with E-state index >= 15 is 0 Å². The summed E-state index contributed by atoms with van der Waals surface area (Å²) in [4.78, 5) is 24.2. The Morgan fingerprint density at radius 2 is 2.05 bits per heavy atom. The van der Waals surface area contributed by atoms with Crippen molar-refractivity contribution in [3.05, 3.63) is 0 Å². The van der Waals surface area contributed by atoms with Crippen molar-refractivity contribution in [2.45, 2.75) is 51.4 Å². The molecule has 2 aliphatic rings. The second-order valence-corrected chi connectivity index (χ2v) is 6.28. The Bertz CT molecular complexity index is 362. The highest BCUT2D eigenvalue weighted by Crippen LogP contribution is 2.34. The molecule has 2 fully saturated rings. The number of rotatable bonds is 2. The molecule has 0 saturated carbocycles. The molecule has 6 heteroatoms. The molecule has 0 aromatic heterocycles. The van der Waals surface area contributed by atoms with Gasteiger partial charge in [0.25, 0.3) is 0 Å². The van der Waals surface area contributed by atoms with Crippen molar-refractivity contribution in [2.24, 2.45) is 5.92 Å². The zero-order chi connectivity index (χ0) is 14.2. The van der Waals surface area contributed by atoms with E-state index in [2.05, 4.69) is 0 Å². The van der Waals surface area contributed by atoms with Crippen LogP contribution in [0.15, 0.2) is 0 Å². The molecule has 0 aromatic rings. The molecule has 6 nitrogen and oxygen atoms in total. The van der Waals surface area contributed by atoms with Gasteiger partial charge in [-0.1, -0.05) is 0 Å². The van der Waals surface area contributed by atoms with E-state index in [4.69, 9.17) is 14.6 Å². The summed E-state index contributed by atoms with van der Waals surface area (Å²) >= 11 is 0. The monoisotopic (exact) mass is 271 g/mol. The zero-order valence-electron chi connectivity index (χ0n) is 11.6. The predicted octanol–water partition coefficient (Wildman–Crippen LogP) is 1.49. The van der Waals surface area contributed by atoms with Crippen LogP contribution >= 0.6 is 0 Å². The number of amides is 1. The van der Waals surface area contributed by atoms with E-state index in [9.17, 15) is 9.59 Å². The third-order valence-corrected chi connectivity index (χ3v) is 3.37. The average Bonchev–Trinajstić information content (AvgIpc) is 2.70. The van der Waals surface area contributed by atoms with Crippen molar-refractivity contribution in [1.82, 2.24) is 4.90 Å². The first-order chi connectivity index (χ1) is 8.74. The summed E-state index contributed by atoms with van der Waals surface area (Å²) in [5, 5.41) is 8.74. The number of hydrogen-bond acceptors (Lipinski definition) is 4. The van der Waals surface area contributed by atoms with Crippen LogP contribution in [-0.4, -0.2) is 53.0 Å². The van der Waals surface area contributed by atoms with Gasteiger partial charge < -0.3 is 19.5 Å². The Hall–Kier alpha value is -1.30. The second-order valence-electron chi connectivity index (χ2n) is 6.28. The standard InChI is InChI=1S/C13H21NO5/c1-13(2,3)19-12(17)14-6-8-4-9(5-11(15)16)18-10(8)7-14/h8-10H,4-7H2,1-3H3,(H,15,16)/t8-,9-,10+/m0/s1. The summed E-state index contributed by atoms with van der Waals surface area (Å²) in [5.74, 6) is -0.606. The van der Waals surface area contributed by atoms with Crippen LogP contribution in [-0.2, 0) is 14.3 Å². The summed E-state index contributed by atoms with van der Waals surface area (Å²) in [7, 11) is 0. The third kappa shape index (κ3) is 3.59. The number of carbonyl (C=O) groups is 2. The predicted molar refractivity (Wildman–Crippen MR) is 66.8 cm³/mol.